The van der Waals surface area contributed by atoms with Crippen LogP contribution in [-0.2, 0) is 0 Å². The average Bonchev–Trinajstić information content (AvgIpc) is 3.11. The molecular formula is C18H21N5O2. The van der Waals surface area contributed by atoms with E-state index in [1.54, 1.807) is 14.2 Å². The third-order valence-electron chi connectivity index (χ3n) is 4.63. The number of nitrogens with zero attached hydrogens (tertiary/aromatic N) is 4. The van der Waals surface area contributed by atoms with Gasteiger partial charge in [0.2, 0.25) is 0 Å². The van der Waals surface area contributed by atoms with Gasteiger partial charge in [0.15, 0.2) is 23.0 Å². The van der Waals surface area contributed by atoms with E-state index in [1.807, 2.05) is 34.8 Å². The van der Waals surface area contributed by atoms with Gasteiger partial charge in [-0.3, -0.25) is 0 Å². The SMILES string of the molecule is COc1ccc(-c2ccc3nnc([C@@H]4CCCNC4)n3n2)cc1OC. The molecule has 1 N–H and O–H groups in total. The van der Waals surface area contributed by atoms with Crippen molar-refractivity contribution < 1.29 is 9.47 Å². The van der Waals surface area contributed by atoms with Gasteiger partial charge >= 0.3 is 0 Å². The molecule has 1 saturated heterocycles. The van der Waals surface area contributed by atoms with Crippen molar-refractivity contribution in [2.24, 2.45) is 0 Å². The molecule has 7 nitrogen and oxygen atoms in total. The smallest absolute Gasteiger partial charge is 0.177 e. The highest BCUT2D eigenvalue weighted by Crippen LogP contribution is 2.32. The Bertz CT molecular complexity index is 886. The summed E-state index contributed by atoms with van der Waals surface area (Å²) < 4.78 is 12.6. The maximum atomic E-state index is 5.40. The van der Waals surface area contributed by atoms with Crippen LogP contribution in [0.1, 0.15) is 24.6 Å². The second-order valence-corrected chi connectivity index (χ2v) is 6.16. The number of nitrogens with one attached hydrogen (secondary N) is 1. The molecular weight excluding hydrogens is 318 g/mol. The molecule has 0 unspecified atom stereocenters. The summed E-state index contributed by atoms with van der Waals surface area (Å²) in [6.45, 7) is 1.99. The Morgan fingerprint density at radius 3 is 2.72 bits per heavy atom. The first-order valence-electron chi connectivity index (χ1n) is 8.45. The normalized spacial score (nSPS) is 17.6. The largest absolute Gasteiger partial charge is 0.493 e. The number of methoxy groups -OCH3 is 2. The van der Waals surface area contributed by atoms with Crippen LogP contribution in [0, 0.1) is 0 Å². The fourth-order valence-electron chi connectivity index (χ4n) is 3.28. The van der Waals surface area contributed by atoms with Crippen molar-refractivity contribution in [3.05, 3.63) is 36.2 Å². The summed E-state index contributed by atoms with van der Waals surface area (Å²) in [6.07, 6.45) is 2.25. The number of ether oxygens (including phenoxy) is 2. The van der Waals surface area contributed by atoms with Crippen LogP contribution in [0.2, 0.25) is 0 Å². The Morgan fingerprint density at radius 2 is 1.96 bits per heavy atom. The molecule has 2 aromatic heterocycles. The molecule has 25 heavy (non-hydrogen) atoms. The number of hydrogen-bond acceptors (Lipinski definition) is 6. The molecule has 0 bridgehead atoms. The van der Waals surface area contributed by atoms with Crippen LogP contribution in [0.25, 0.3) is 16.9 Å². The van der Waals surface area contributed by atoms with Crippen LogP contribution >= 0.6 is 0 Å². The lowest BCUT2D eigenvalue weighted by Crippen LogP contribution is -2.29. The van der Waals surface area contributed by atoms with Gasteiger partial charge in [-0.1, -0.05) is 0 Å². The Balaban J connectivity index is 1.75. The standard InChI is InChI=1S/C18H21N5O2/c1-24-15-7-5-12(10-16(15)25-2)14-6-8-17-20-21-18(23(17)22-14)13-4-3-9-19-11-13/h5-8,10,13,19H,3-4,9,11H2,1-2H3/t13-/m1/s1. The first-order chi connectivity index (χ1) is 12.3. The molecule has 0 spiro atoms. The molecule has 0 aliphatic carbocycles. The van der Waals surface area contributed by atoms with Crippen LogP contribution in [0.4, 0.5) is 0 Å². The van der Waals surface area contributed by atoms with Crippen LogP contribution < -0.4 is 14.8 Å². The Kier molecular flexibility index (Phi) is 4.23. The number of aromatic nitrogens is 4. The lowest BCUT2D eigenvalue weighted by molar-refractivity contribution is 0.355. The fourth-order valence-corrected chi connectivity index (χ4v) is 3.28. The first-order valence-corrected chi connectivity index (χ1v) is 8.45. The third kappa shape index (κ3) is 2.91. The molecule has 0 amide bonds. The lowest BCUT2D eigenvalue weighted by Gasteiger charge is -2.20. The number of fused-ring (bicyclic) bond motifs is 1. The number of piperidine rings is 1. The summed E-state index contributed by atoms with van der Waals surface area (Å²) in [5.41, 5.74) is 2.57. The van der Waals surface area contributed by atoms with Crippen molar-refractivity contribution in [2.45, 2.75) is 18.8 Å². The van der Waals surface area contributed by atoms with E-state index >= 15 is 0 Å². The monoisotopic (exact) mass is 339 g/mol. The van der Waals surface area contributed by atoms with Crippen molar-refractivity contribution in [3.8, 4) is 22.8 Å². The third-order valence-corrected chi connectivity index (χ3v) is 4.63. The van der Waals surface area contributed by atoms with Gasteiger partial charge in [-0.05, 0) is 49.7 Å². The molecule has 3 heterocycles. The molecule has 0 saturated carbocycles. The Morgan fingerprint density at radius 1 is 1.08 bits per heavy atom. The zero-order valence-corrected chi connectivity index (χ0v) is 14.4. The first kappa shape index (κ1) is 15.8. The van der Waals surface area contributed by atoms with Crippen molar-refractivity contribution in [1.29, 1.82) is 0 Å². The highest BCUT2D eigenvalue weighted by Gasteiger charge is 2.21. The van der Waals surface area contributed by atoms with E-state index in [9.17, 15) is 0 Å². The lowest BCUT2D eigenvalue weighted by atomic mass is 9.99. The topological polar surface area (TPSA) is 73.6 Å². The van der Waals surface area contributed by atoms with Gasteiger partial charge in [0, 0.05) is 18.0 Å². The van der Waals surface area contributed by atoms with E-state index in [0.717, 1.165) is 48.7 Å². The second kappa shape index (κ2) is 6.68. The Labute approximate surface area is 146 Å². The predicted molar refractivity (Wildman–Crippen MR) is 94.2 cm³/mol. The molecule has 4 rings (SSSR count). The molecule has 1 aliphatic rings. The molecule has 7 heteroatoms. The van der Waals surface area contributed by atoms with Gasteiger partial charge < -0.3 is 14.8 Å². The van der Waals surface area contributed by atoms with E-state index in [0.29, 0.717) is 17.4 Å². The molecule has 1 atom stereocenters. The summed E-state index contributed by atoms with van der Waals surface area (Å²) in [5, 5.41) is 16.8. The van der Waals surface area contributed by atoms with Gasteiger partial charge in [0.05, 0.1) is 19.9 Å². The van der Waals surface area contributed by atoms with E-state index in [4.69, 9.17) is 14.6 Å². The van der Waals surface area contributed by atoms with Crippen LogP contribution in [0.5, 0.6) is 11.5 Å². The van der Waals surface area contributed by atoms with Crippen LogP contribution in [0.3, 0.4) is 0 Å². The van der Waals surface area contributed by atoms with E-state index < -0.39 is 0 Å². The molecule has 1 fully saturated rings. The van der Waals surface area contributed by atoms with E-state index in [1.165, 1.54) is 0 Å². The highest BCUT2D eigenvalue weighted by molar-refractivity contribution is 5.64. The van der Waals surface area contributed by atoms with Crippen LogP contribution in [0.15, 0.2) is 30.3 Å². The van der Waals surface area contributed by atoms with E-state index in [2.05, 4.69) is 15.5 Å². The number of hydrogen-bond donors (Lipinski definition) is 1. The molecule has 1 aromatic carbocycles. The summed E-state index contributed by atoms with van der Waals surface area (Å²) in [6, 6.07) is 9.69. The Hall–Kier alpha value is -2.67. The highest BCUT2D eigenvalue weighted by atomic mass is 16.5. The van der Waals surface area contributed by atoms with Gasteiger partial charge in [0.25, 0.3) is 0 Å². The minimum atomic E-state index is 0.344. The fraction of sp³-hybridized carbons (Fsp3) is 0.389. The van der Waals surface area contributed by atoms with E-state index in [-0.39, 0.29) is 0 Å². The van der Waals surface area contributed by atoms with Gasteiger partial charge in [-0.25, -0.2) is 0 Å². The predicted octanol–water partition coefficient (Wildman–Crippen LogP) is 2.28. The zero-order chi connectivity index (χ0) is 17.2. The maximum absolute atomic E-state index is 5.40. The quantitative estimate of drug-likeness (QED) is 0.786. The zero-order valence-electron chi connectivity index (χ0n) is 14.4. The second-order valence-electron chi connectivity index (χ2n) is 6.16. The summed E-state index contributed by atoms with van der Waals surface area (Å²) in [4.78, 5) is 0. The minimum absolute atomic E-state index is 0.344. The molecule has 3 aromatic rings. The summed E-state index contributed by atoms with van der Waals surface area (Å²) in [5.74, 6) is 2.65. The van der Waals surface area contributed by atoms with Crippen LogP contribution in [-0.4, -0.2) is 47.1 Å². The number of rotatable bonds is 4. The van der Waals surface area contributed by atoms with Crippen molar-refractivity contribution in [1.82, 2.24) is 25.1 Å². The number of benzene rings is 1. The molecule has 1 aliphatic heterocycles. The molecule has 130 valence electrons. The average molecular weight is 339 g/mol. The molecule has 0 radical (unpaired) electrons. The maximum Gasteiger partial charge on any atom is 0.177 e. The van der Waals surface area contributed by atoms with Gasteiger partial charge in [0.1, 0.15) is 0 Å². The minimum Gasteiger partial charge on any atom is -0.493 e. The van der Waals surface area contributed by atoms with Gasteiger partial charge in [-0.2, -0.15) is 9.61 Å². The summed E-state index contributed by atoms with van der Waals surface area (Å²) in [7, 11) is 3.26. The van der Waals surface area contributed by atoms with Crippen molar-refractivity contribution >= 4 is 5.65 Å². The van der Waals surface area contributed by atoms with Crippen molar-refractivity contribution in [3.63, 3.8) is 0 Å². The summed E-state index contributed by atoms with van der Waals surface area (Å²) >= 11 is 0. The van der Waals surface area contributed by atoms with Crippen molar-refractivity contribution in [2.75, 3.05) is 27.3 Å². The van der Waals surface area contributed by atoms with Gasteiger partial charge in [-0.15, -0.1) is 10.2 Å².